The number of aromatic carboxylic acids is 1. The Morgan fingerprint density at radius 1 is 1.43 bits per heavy atom. The first-order chi connectivity index (χ1) is 10.1. The van der Waals surface area contributed by atoms with E-state index in [-0.39, 0.29) is 11.3 Å². The van der Waals surface area contributed by atoms with Crippen LogP contribution in [-0.4, -0.2) is 36.7 Å². The molecule has 2 aromatic rings. The lowest BCUT2D eigenvalue weighted by molar-refractivity contribution is 0.0691. The smallest absolute Gasteiger partial charge is 0.356 e. The topological polar surface area (TPSA) is 102 Å². The van der Waals surface area contributed by atoms with Gasteiger partial charge in [-0.05, 0) is 12.8 Å². The van der Waals surface area contributed by atoms with Gasteiger partial charge in [0.1, 0.15) is 0 Å². The zero-order valence-electron chi connectivity index (χ0n) is 11.3. The van der Waals surface area contributed by atoms with Crippen LogP contribution in [0.4, 0.5) is 5.82 Å². The molecular formula is C13H15N5O3. The third-order valence-corrected chi connectivity index (χ3v) is 3.32. The van der Waals surface area contributed by atoms with Gasteiger partial charge in [0, 0.05) is 37.7 Å². The minimum atomic E-state index is -1.06. The SMILES string of the molecule is O=C(O)c1cn(CCNc2nccn(C3CC3)c2=O)cn1. The molecule has 0 aromatic carbocycles. The molecule has 2 aromatic heterocycles. The maximum Gasteiger partial charge on any atom is 0.356 e. The van der Waals surface area contributed by atoms with Crippen molar-refractivity contribution in [1.29, 1.82) is 0 Å². The molecule has 0 saturated heterocycles. The van der Waals surface area contributed by atoms with E-state index in [0.717, 1.165) is 12.8 Å². The van der Waals surface area contributed by atoms with E-state index < -0.39 is 5.97 Å². The molecule has 8 heteroatoms. The quantitative estimate of drug-likeness (QED) is 0.806. The predicted molar refractivity (Wildman–Crippen MR) is 74.4 cm³/mol. The van der Waals surface area contributed by atoms with Crippen LogP contribution in [0.3, 0.4) is 0 Å². The van der Waals surface area contributed by atoms with Gasteiger partial charge < -0.3 is 19.6 Å². The molecule has 3 rings (SSSR count). The molecule has 0 radical (unpaired) electrons. The van der Waals surface area contributed by atoms with Gasteiger partial charge in [0.25, 0.3) is 5.56 Å². The highest BCUT2D eigenvalue weighted by atomic mass is 16.4. The number of nitrogens with zero attached hydrogens (tertiary/aromatic N) is 4. The van der Waals surface area contributed by atoms with Crippen LogP contribution >= 0.6 is 0 Å². The number of carboxylic acids is 1. The van der Waals surface area contributed by atoms with Crippen molar-refractivity contribution in [3.8, 4) is 0 Å². The van der Waals surface area contributed by atoms with Gasteiger partial charge in [-0.25, -0.2) is 14.8 Å². The summed E-state index contributed by atoms with van der Waals surface area (Å²) in [6.07, 6.45) is 8.30. The number of hydrogen-bond donors (Lipinski definition) is 2. The fourth-order valence-corrected chi connectivity index (χ4v) is 2.08. The van der Waals surface area contributed by atoms with Crippen molar-refractivity contribution in [3.05, 3.63) is 41.0 Å². The molecule has 2 N–H and O–H groups in total. The highest BCUT2D eigenvalue weighted by Crippen LogP contribution is 2.33. The van der Waals surface area contributed by atoms with Crippen LogP contribution in [0, 0.1) is 0 Å². The Hall–Kier alpha value is -2.64. The summed E-state index contributed by atoms with van der Waals surface area (Å²) in [5.74, 6) is -0.735. The lowest BCUT2D eigenvalue weighted by Crippen LogP contribution is -2.25. The van der Waals surface area contributed by atoms with Gasteiger partial charge >= 0.3 is 5.97 Å². The van der Waals surface area contributed by atoms with E-state index in [4.69, 9.17) is 5.11 Å². The normalized spacial score (nSPS) is 14.1. The molecule has 0 aliphatic heterocycles. The van der Waals surface area contributed by atoms with Gasteiger partial charge in [0.2, 0.25) is 0 Å². The number of imidazole rings is 1. The molecule has 8 nitrogen and oxygen atoms in total. The fourth-order valence-electron chi connectivity index (χ4n) is 2.08. The number of hydrogen-bond acceptors (Lipinski definition) is 5. The van der Waals surface area contributed by atoms with Crippen LogP contribution in [0.15, 0.2) is 29.7 Å². The summed E-state index contributed by atoms with van der Waals surface area (Å²) < 4.78 is 3.36. The summed E-state index contributed by atoms with van der Waals surface area (Å²) >= 11 is 0. The zero-order valence-corrected chi connectivity index (χ0v) is 11.3. The number of rotatable bonds is 6. The van der Waals surface area contributed by atoms with E-state index in [1.165, 1.54) is 12.5 Å². The summed E-state index contributed by atoms with van der Waals surface area (Å²) in [5.41, 5.74) is -0.110. The second kappa shape index (κ2) is 5.39. The number of nitrogens with one attached hydrogen (secondary N) is 1. The molecule has 1 aliphatic rings. The number of carboxylic acid groups (broad SMARTS) is 1. The average molecular weight is 289 g/mol. The lowest BCUT2D eigenvalue weighted by Gasteiger charge is -2.08. The largest absolute Gasteiger partial charge is 0.476 e. The van der Waals surface area contributed by atoms with Crippen molar-refractivity contribution in [3.63, 3.8) is 0 Å². The van der Waals surface area contributed by atoms with E-state index in [9.17, 15) is 9.59 Å². The van der Waals surface area contributed by atoms with E-state index in [2.05, 4.69) is 15.3 Å². The van der Waals surface area contributed by atoms with Crippen molar-refractivity contribution >= 4 is 11.8 Å². The predicted octanol–water partition coefficient (Wildman–Crippen LogP) is 0.585. The molecule has 0 bridgehead atoms. The van der Waals surface area contributed by atoms with Gasteiger partial charge in [-0.1, -0.05) is 0 Å². The number of carbonyl (C=O) groups is 1. The van der Waals surface area contributed by atoms with Gasteiger partial charge in [-0.3, -0.25) is 4.79 Å². The molecule has 1 saturated carbocycles. The van der Waals surface area contributed by atoms with Crippen LogP contribution in [0.1, 0.15) is 29.4 Å². The molecule has 110 valence electrons. The second-order valence-corrected chi connectivity index (χ2v) is 4.95. The molecule has 2 heterocycles. The second-order valence-electron chi connectivity index (χ2n) is 4.95. The average Bonchev–Trinajstić information content (AvgIpc) is 3.19. The summed E-state index contributed by atoms with van der Waals surface area (Å²) in [6.45, 7) is 0.964. The third kappa shape index (κ3) is 2.93. The molecule has 0 amide bonds. The van der Waals surface area contributed by atoms with Crippen LogP contribution in [0.5, 0.6) is 0 Å². The summed E-state index contributed by atoms with van der Waals surface area (Å²) in [6, 6.07) is 0.313. The van der Waals surface area contributed by atoms with Crippen LogP contribution in [0.2, 0.25) is 0 Å². The number of anilines is 1. The van der Waals surface area contributed by atoms with Crippen LogP contribution in [-0.2, 0) is 6.54 Å². The van der Waals surface area contributed by atoms with Crippen molar-refractivity contribution in [2.45, 2.75) is 25.4 Å². The Morgan fingerprint density at radius 2 is 2.24 bits per heavy atom. The van der Waals surface area contributed by atoms with Crippen molar-refractivity contribution in [2.75, 3.05) is 11.9 Å². The summed E-state index contributed by atoms with van der Waals surface area (Å²) in [5, 5.41) is 11.8. The Bertz CT molecular complexity index is 717. The monoisotopic (exact) mass is 289 g/mol. The van der Waals surface area contributed by atoms with Gasteiger partial charge in [-0.15, -0.1) is 0 Å². The molecule has 0 spiro atoms. The van der Waals surface area contributed by atoms with E-state index in [0.29, 0.717) is 24.9 Å². The van der Waals surface area contributed by atoms with Crippen molar-refractivity contribution in [2.24, 2.45) is 0 Å². The minimum Gasteiger partial charge on any atom is -0.476 e. The summed E-state index contributed by atoms with van der Waals surface area (Å²) in [4.78, 5) is 30.7. The first-order valence-corrected chi connectivity index (χ1v) is 6.71. The van der Waals surface area contributed by atoms with E-state index in [1.54, 1.807) is 21.5 Å². The van der Waals surface area contributed by atoms with Crippen molar-refractivity contribution in [1.82, 2.24) is 19.1 Å². The standard InChI is InChI=1S/C13H15N5O3/c19-12-11(15-4-6-18(12)9-1-2-9)14-3-5-17-7-10(13(20)21)16-8-17/h4,6-9H,1-3,5H2,(H,14,15)(H,20,21). The fraction of sp³-hybridized carbons (Fsp3) is 0.385. The molecule has 21 heavy (non-hydrogen) atoms. The molecule has 1 fully saturated rings. The molecular weight excluding hydrogens is 274 g/mol. The maximum atomic E-state index is 12.1. The van der Waals surface area contributed by atoms with E-state index >= 15 is 0 Å². The Kier molecular flexibility index (Phi) is 3.43. The van der Waals surface area contributed by atoms with E-state index in [1.807, 2.05) is 0 Å². The first kappa shape index (κ1) is 13.3. The Labute approximate surface area is 120 Å². The molecule has 0 atom stereocenters. The number of aromatic nitrogens is 4. The minimum absolute atomic E-state index is 0.00363. The van der Waals surface area contributed by atoms with Crippen LogP contribution in [0.25, 0.3) is 0 Å². The Morgan fingerprint density at radius 3 is 2.90 bits per heavy atom. The summed E-state index contributed by atoms with van der Waals surface area (Å²) in [7, 11) is 0. The highest BCUT2D eigenvalue weighted by Gasteiger charge is 2.25. The van der Waals surface area contributed by atoms with Crippen LogP contribution < -0.4 is 10.9 Å². The highest BCUT2D eigenvalue weighted by molar-refractivity contribution is 5.84. The first-order valence-electron chi connectivity index (χ1n) is 6.71. The Balaban J connectivity index is 1.61. The molecule has 0 unspecified atom stereocenters. The lowest BCUT2D eigenvalue weighted by atomic mass is 10.5. The van der Waals surface area contributed by atoms with Gasteiger partial charge in [-0.2, -0.15) is 0 Å². The third-order valence-electron chi connectivity index (χ3n) is 3.32. The van der Waals surface area contributed by atoms with Crippen molar-refractivity contribution < 1.29 is 9.90 Å². The van der Waals surface area contributed by atoms with Gasteiger partial charge in [0.15, 0.2) is 11.5 Å². The molecule has 1 aliphatic carbocycles. The van der Waals surface area contributed by atoms with Gasteiger partial charge in [0.05, 0.1) is 6.33 Å². The zero-order chi connectivity index (χ0) is 14.8. The maximum absolute atomic E-state index is 12.1.